The predicted octanol–water partition coefficient (Wildman–Crippen LogP) is 3.00. The Morgan fingerprint density at radius 2 is 2.00 bits per heavy atom. The third-order valence-corrected chi connectivity index (χ3v) is 5.91. The number of nitrogens with one attached hydrogen (secondary N) is 1. The van der Waals surface area contributed by atoms with Gasteiger partial charge in [0.1, 0.15) is 10.8 Å². The van der Waals surface area contributed by atoms with E-state index in [2.05, 4.69) is 20.8 Å². The van der Waals surface area contributed by atoms with Crippen molar-refractivity contribution in [3.63, 3.8) is 0 Å². The lowest BCUT2D eigenvalue weighted by atomic mass is 10.1. The number of rotatable bonds is 6. The molecule has 0 saturated carbocycles. The van der Waals surface area contributed by atoms with Crippen molar-refractivity contribution in [3.8, 4) is 5.69 Å². The lowest BCUT2D eigenvalue weighted by molar-refractivity contribution is -0.113. The molecular weight excluding hydrogens is 405 g/mol. The Bertz CT molecular complexity index is 1020. The number of thioether (sulfide) groups is 1. The summed E-state index contributed by atoms with van der Waals surface area (Å²) in [6, 6.07) is 5.67. The third-order valence-electron chi connectivity index (χ3n) is 3.87. The van der Waals surface area contributed by atoms with E-state index in [4.69, 9.17) is 4.74 Å². The van der Waals surface area contributed by atoms with Gasteiger partial charge in [0.15, 0.2) is 0 Å². The molecule has 146 valence electrons. The van der Waals surface area contributed by atoms with E-state index in [-0.39, 0.29) is 17.5 Å². The number of benzene rings is 1. The van der Waals surface area contributed by atoms with Gasteiger partial charge in [-0.1, -0.05) is 11.8 Å². The Labute approximate surface area is 168 Å². The maximum Gasteiger partial charge on any atom is 0.341 e. The Balaban J connectivity index is 1.70. The molecule has 0 spiro atoms. The second-order valence-corrected chi connectivity index (χ2v) is 7.83. The van der Waals surface area contributed by atoms with Crippen LogP contribution in [0, 0.1) is 19.7 Å². The summed E-state index contributed by atoms with van der Waals surface area (Å²) in [6.07, 6.45) is 0. The van der Waals surface area contributed by atoms with E-state index in [1.165, 1.54) is 47.4 Å². The van der Waals surface area contributed by atoms with Crippen molar-refractivity contribution in [1.82, 2.24) is 20.2 Å². The van der Waals surface area contributed by atoms with E-state index in [0.29, 0.717) is 21.4 Å². The molecule has 3 rings (SSSR count). The molecule has 3 aromatic rings. The Hall–Kier alpha value is -2.79. The lowest BCUT2D eigenvalue weighted by Crippen LogP contribution is -2.16. The van der Waals surface area contributed by atoms with E-state index in [1.807, 2.05) is 6.92 Å². The van der Waals surface area contributed by atoms with Crippen LogP contribution in [-0.2, 0) is 9.53 Å². The van der Waals surface area contributed by atoms with Crippen molar-refractivity contribution in [1.29, 1.82) is 0 Å². The van der Waals surface area contributed by atoms with Crippen LogP contribution < -0.4 is 5.32 Å². The molecule has 1 amide bonds. The summed E-state index contributed by atoms with van der Waals surface area (Å²) in [7, 11) is 1.30. The molecule has 0 fully saturated rings. The first-order valence-corrected chi connectivity index (χ1v) is 9.86. The van der Waals surface area contributed by atoms with Crippen LogP contribution in [0.25, 0.3) is 5.69 Å². The monoisotopic (exact) mass is 421 g/mol. The minimum atomic E-state index is -0.495. The number of carbonyl (C=O) groups excluding carboxylic acids is 2. The fourth-order valence-corrected chi connectivity index (χ4v) is 4.12. The molecular formula is C17H16FN5O3S2. The van der Waals surface area contributed by atoms with Crippen molar-refractivity contribution in [2.45, 2.75) is 19.0 Å². The van der Waals surface area contributed by atoms with Gasteiger partial charge in [0.25, 0.3) is 0 Å². The summed E-state index contributed by atoms with van der Waals surface area (Å²) in [5, 5.41) is 14.9. The molecule has 0 atom stereocenters. The maximum absolute atomic E-state index is 13.1. The number of thiophene rings is 1. The van der Waals surface area contributed by atoms with Gasteiger partial charge < -0.3 is 10.1 Å². The van der Waals surface area contributed by atoms with Crippen molar-refractivity contribution in [2.75, 3.05) is 18.2 Å². The van der Waals surface area contributed by atoms with Crippen molar-refractivity contribution < 1.29 is 18.7 Å². The summed E-state index contributed by atoms with van der Waals surface area (Å²) in [6.45, 7) is 3.67. The number of methoxy groups -OCH3 is 1. The van der Waals surface area contributed by atoms with Crippen LogP contribution in [0.4, 0.5) is 9.39 Å². The van der Waals surface area contributed by atoms with Crippen molar-refractivity contribution in [3.05, 3.63) is 46.1 Å². The second kappa shape index (κ2) is 8.48. The first-order valence-electron chi connectivity index (χ1n) is 8.06. The highest BCUT2D eigenvalue weighted by molar-refractivity contribution is 7.99. The fraction of sp³-hybridized carbons (Fsp3) is 0.235. The number of anilines is 1. The average Bonchev–Trinajstić information content (AvgIpc) is 3.25. The molecule has 11 heteroatoms. The molecule has 0 unspecified atom stereocenters. The molecule has 0 aliphatic heterocycles. The molecule has 0 saturated heterocycles. The van der Waals surface area contributed by atoms with Crippen LogP contribution in [0.3, 0.4) is 0 Å². The number of tetrazole rings is 1. The topological polar surface area (TPSA) is 99.0 Å². The van der Waals surface area contributed by atoms with Crippen LogP contribution in [0.1, 0.15) is 20.8 Å². The number of hydrogen-bond acceptors (Lipinski definition) is 8. The van der Waals surface area contributed by atoms with Crippen molar-refractivity contribution in [2.24, 2.45) is 0 Å². The first-order chi connectivity index (χ1) is 13.4. The molecule has 0 radical (unpaired) electrons. The number of esters is 1. The summed E-state index contributed by atoms with van der Waals surface area (Å²) in [4.78, 5) is 25.3. The highest BCUT2D eigenvalue weighted by Gasteiger charge is 2.22. The quantitative estimate of drug-likeness (QED) is 0.482. The summed E-state index contributed by atoms with van der Waals surface area (Å²) < 4.78 is 19.3. The SMILES string of the molecule is COC(=O)c1c(NC(=O)CSc2nnnn2-c2ccc(F)cc2)sc(C)c1C. The zero-order chi connectivity index (χ0) is 20.3. The van der Waals surface area contributed by atoms with Crippen LogP contribution in [0.15, 0.2) is 29.4 Å². The fourth-order valence-electron chi connectivity index (χ4n) is 2.37. The van der Waals surface area contributed by atoms with Gasteiger partial charge in [-0.2, -0.15) is 4.68 Å². The molecule has 1 N–H and O–H groups in total. The molecule has 8 nitrogen and oxygen atoms in total. The normalized spacial score (nSPS) is 10.7. The second-order valence-electron chi connectivity index (χ2n) is 5.67. The van der Waals surface area contributed by atoms with E-state index in [9.17, 15) is 14.0 Å². The maximum atomic E-state index is 13.1. The van der Waals surface area contributed by atoms with Gasteiger partial charge in [-0.15, -0.1) is 16.4 Å². The zero-order valence-corrected chi connectivity index (χ0v) is 16.9. The number of nitrogens with zero attached hydrogens (tertiary/aromatic N) is 4. The van der Waals surface area contributed by atoms with Crippen molar-refractivity contribution >= 4 is 40.0 Å². The molecule has 0 bridgehead atoms. The molecule has 28 heavy (non-hydrogen) atoms. The number of aryl methyl sites for hydroxylation is 1. The van der Waals surface area contributed by atoms with E-state index in [1.54, 1.807) is 6.92 Å². The van der Waals surface area contributed by atoms with Crippen LogP contribution in [0.2, 0.25) is 0 Å². The van der Waals surface area contributed by atoms with Gasteiger partial charge in [-0.05, 0) is 54.1 Å². The summed E-state index contributed by atoms with van der Waals surface area (Å²) in [5.41, 5.74) is 1.71. The molecule has 0 aliphatic rings. The lowest BCUT2D eigenvalue weighted by Gasteiger charge is -2.06. The summed E-state index contributed by atoms with van der Waals surface area (Å²) in [5.74, 6) is -1.15. The van der Waals surface area contributed by atoms with Crippen LogP contribution in [-0.4, -0.2) is 44.9 Å². The van der Waals surface area contributed by atoms with Gasteiger partial charge in [-0.3, -0.25) is 4.79 Å². The minimum absolute atomic E-state index is 0.0260. The van der Waals surface area contributed by atoms with Gasteiger partial charge in [0, 0.05) is 4.88 Å². The Morgan fingerprint density at radius 1 is 1.29 bits per heavy atom. The van der Waals surface area contributed by atoms with Crippen LogP contribution in [0.5, 0.6) is 0 Å². The van der Waals surface area contributed by atoms with Gasteiger partial charge in [0.2, 0.25) is 11.1 Å². The Kier molecular flexibility index (Phi) is 6.05. The number of carbonyl (C=O) groups is 2. The van der Waals surface area contributed by atoms with Gasteiger partial charge >= 0.3 is 5.97 Å². The van der Waals surface area contributed by atoms with E-state index < -0.39 is 5.97 Å². The highest BCUT2D eigenvalue weighted by Crippen LogP contribution is 2.33. The third kappa shape index (κ3) is 4.20. The molecule has 0 aliphatic carbocycles. The number of ether oxygens (including phenoxy) is 1. The Morgan fingerprint density at radius 3 is 2.68 bits per heavy atom. The molecule has 2 heterocycles. The average molecular weight is 421 g/mol. The predicted molar refractivity (Wildman–Crippen MR) is 104 cm³/mol. The van der Waals surface area contributed by atoms with Crippen LogP contribution >= 0.6 is 23.1 Å². The van der Waals surface area contributed by atoms with E-state index in [0.717, 1.165) is 22.2 Å². The number of halogens is 1. The van der Waals surface area contributed by atoms with E-state index >= 15 is 0 Å². The number of aromatic nitrogens is 4. The number of amides is 1. The largest absolute Gasteiger partial charge is 0.465 e. The van der Waals surface area contributed by atoms with Gasteiger partial charge in [0.05, 0.1) is 24.1 Å². The smallest absolute Gasteiger partial charge is 0.341 e. The molecule has 1 aromatic carbocycles. The highest BCUT2D eigenvalue weighted by atomic mass is 32.2. The zero-order valence-electron chi connectivity index (χ0n) is 15.2. The summed E-state index contributed by atoms with van der Waals surface area (Å²) >= 11 is 2.44. The standard InChI is InChI=1S/C17H16FN5O3S2/c1-9-10(2)28-15(14(9)16(25)26-3)19-13(24)8-27-17-20-21-22-23(17)12-6-4-11(18)5-7-12/h4-7H,8H2,1-3H3,(H,19,24). The first kappa shape index (κ1) is 20.0. The van der Waals surface area contributed by atoms with Gasteiger partial charge in [-0.25, -0.2) is 9.18 Å². The minimum Gasteiger partial charge on any atom is -0.465 e. The molecule has 2 aromatic heterocycles. The number of hydrogen-bond donors (Lipinski definition) is 1.